The van der Waals surface area contributed by atoms with Crippen LogP contribution in [0, 0.1) is 0 Å². The number of ketones is 1. The summed E-state index contributed by atoms with van der Waals surface area (Å²) >= 11 is 0. The number of hydrogen-bond acceptors (Lipinski definition) is 7. The van der Waals surface area contributed by atoms with E-state index in [1.165, 1.54) is 28.1 Å². The van der Waals surface area contributed by atoms with Gasteiger partial charge in [0.1, 0.15) is 11.5 Å². The average Bonchev–Trinajstić information content (AvgIpc) is 3.49. The number of hydrogen-bond donors (Lipinski definition) is 4. The summed E-state index contributed by atoms with van der Waals surface area (Å²) in [5.41, 5.74) is 0.584. The summed E-state index contributed by atoms with van der Waals surface area (Å²) in [6, 6.07) is 52.4. The third-order valence-electron chi connectivity index (χ3n) is 7.99. The van der Waals surface area contributed by atoms with Gasteiger partial charge in [0, 0.05) is 84.7 Å². The molecule has 1 fully saturated rings. The van der Waals surface area contributed by atoms with E-state index in [0.29, 0.717) is 5.56 Å². The zero-order valence-corrected chi connectivity index (χ0v) is 38.9. The van der Waals surface area contributed by atoms with Gasteiger partial charge in [-0.2, -0.15) is 0 Å². The molecule has 60 heavy (non-hydrogen) atoms. The van der Waals surface area contributed by atoms with Crippen LogP contribution in [0.1, 0.15) is 40.2 Å². The van der Waals surface area contributed by atoms with Crippen LogP contribution in [-0.2, 0) is 64.7 Å². The van der Waals surface area contributed by atoms with Gasteiger partial charge in [-0.3, -0.25) is 14.4 Å². The predicted molar refractivity (Wildman–Crippen MR) is 237 cm³/mol. The van der Waals surface area contributed by atoms with Gasteiger partial charge in [0.2, 0.25) is 0 Å². The molecule has 13 heteroatoms. The van der Waals surface area contributed by atoms with Crippen LogP contribution in [0.25, 0.3) is 5.76 Å². The first-order chi connectivity index (χ1) is 27.6. The molecule has 324 valence electrons. The van der Waals surface area contributed by atoms with E-state index in [1.54, 1.807) is 24.3 Å². The van der Waals surface area contributed by atoms with Gasteiger partial charge in [-0.1, -0.05) is 152 Å². The summed E-state index contributed by atoms with van der Waals surface area (Å²) in [4.78, 5) is 28.6. The minimum atomic E-state index is -0.833. The molecule has 4 N–H and O–H groups in total. The van der Waals surface area contributed by atoms with Gasteiger partial charge in [-0.05, 0) is 57.8 Å². The molecule has 0 bridgehead atoms. The summed E-state index contributed by atoms with van der Waals surface area (Å²) in [7, 11) is -1.12. The topological polar surface area (TPSA) is 151 Å². The molecule has 0 aliphatic carbocycles. The van der Waals surface area contributed by atoms with Gasteiger partial charge in [-0.15, -0.1) is 0 Å². The van der Waals surface area contributed by atoms with E-state index >= 15 is 0 Å². The zero-order chi connectivity index (χ0) is 42.5. The molecular formula is C47H52O9P2Pd2. The number of aliphatic hydroxyl groups is 2. The molecule has 2 atom stereocenters. The fourth-order valence-corrected chi connectivity index (χ4v) is 10.7. The zero-order valence-electron chi connectivity index (χ0n) is 34.0. The van der Waals surface area contributed by atoms with Crippen LogP contribution in [0.3, 0.4) is 0 Å². The number of aliphatic hydroxyl groups excluding tert-OH is 2. The van der Waals surface area contributed by atoms with Gasteiger partial charge in [0.05, 0.1) is 12.2 Å². The van der Waals surface area contributed by atoms with Crippen molar-refractivity contribution in [3.8, 4) is 0 Å². The standard InChI is InChI=1S/C31H32O2P2.C12H12O3.2C2H4O2.2Pd/c1-31(2)32-29(23-34(25-15-7-3-8-16-25)26-17-9-4-10-18-26)30(33-31)24-35(27-19-11-5-12-20-27)28-21-13-6-14-22-28;1-9(13)7-11(14)8-12(15)10-5-3-2-4-6-10;2*1-2(3)4;;/h3-22,29-30H,23-24H2,1-2H3;2-8,14-15H,1H3;2*1H3,(H,3,4);;/b;11-7-,12-8-;;;;/t29-,30-;;;;;/m0...../s1. The summed E-state index contributed by atoms with van der Waals surface area (Å²) < 4.78 is 13.2. The molecule has 0 aromatic heterocycles. The predicted octanol–water partition coefficient (Wildman–Crippen LogP) is 8.57. The summed E-state index contributed by atoms with van der Waals surface area (Å²) in [6.07, 6.45) is 4.15. The molecule has 5 aromatic rings. The van der Waals surface area contributed by atoms with E-state index in [2.05, 4.69) is 135 Å². The Morgan fingerprint density at radius 1 is 0.517 bits per heavy atom. The summed E-state index contributed by atoms with van der Waals surface area (Å²) in [5.74, 6) is -2.86. The van der Waals surface area contributed by atoms with Gasteiger partial charge >= 0.3 is 0 Å². The molecule has 0 saturated carbocycles. The van der Waals surface area contributed by atoms with Crippen LogP contribution in [0.4, 0.5) is 0 Å². The summed E-state index contributed by atoms with van der Waals surface area (Å²) in [5, 5.41) is 39.2. The Kier molecular flexibility index (Phi) is 25.5. The number of carbonyl (C=O) groups excluding carboxylic acids is 1. The Morgan fingerprint density at radius 3 is 1.05 bits per heavy atom. The van der Waals surface area contributed by atoms with Crippen molar-refractivity contribution in [2.45, 2.75) is 52.6 Å². The molecule has 1 heterocycles. The molecule has 5 aromatic carbocycles. The second kappa shape index (κ2) is 28.4. The second-order valence-electron chi connectivity index (χ2n) is 13.4. The van der Waals surface area contributed by atoms with Crippen LogP contribution in [0.15, 0.2) is 170 Å². The molecule has 6 rings (SSSR count). The van der Waals surface area contributed by atoms with Crippen molar-refractivity contribution in [2.75, 3.05) is 12.3 Å². The fourth-order valence-electron chi connectivity index (χ4n) is 5.81. The maximum Gasteiger partial charge on any atom is 0.300 e. The number of allylic oxidation sites excluding steroid dienone is 2. The average molecular weight is 1040 g/mol. The van der Waals surface area contributed by atoms with Crippen molar-refractivity contribution in [2.24, 2.45) is 0 Å². The van der Waals surface area contributed by atoms with Crippen LogP contribution in [0.5, 0.6) is 0 Å². The number of carbonyl (C=O) groups is 3. The van der Waals surface area contributed by atoms with E-state index in [1.807, 2.05) is 6.07 Å². The van der Waals surface area contributed by atoms with E-state index in [4.69, 9.17) is 29.3 Å². The fraction of sp³-hybridized carbons (Fsp3) is 0.213. The van der Waals surface area contributed by atoms with Crippen LogP contribution >= 0.6 is 15.8 Å². The largest absolute Gasteiger partial charge is 0.508 e. The minimum absolute atomic E-state index is 0. The quantitative estimate of drug-likeness (QED) is 0.0336. The number of rotatable bonds is 11. The molecule has 0 radical (unpaired) electrons. The Hall–Kier alpha value is -4.11. The first-order valence-electron chi connectivity index (χ1n) is 18.5. The Bertz CT molecular complexity index is 1860. The van der Waals surface area contributed by atoms with Crippen molar-refractivity contribution < 1.29 is 85.1 Å². The van der Waals surface area contributed by atoms with Gasteiger partial charge < -0.3 is 29.9 Å². The molecule has 0 amide bonds. The SMILES string of the molecule is CC(=O)/C=C(O)/C=C(\O)c1ccccc1.CC(=O)O.CC(=O)O.CC1(C)O[C@@H](CP(c2ccccc2)c2ccccc2)[C@H](CP(c2ccccc2)c2ccccc2)O1.[Pd].[Pd]. The molecule has 1 saturated heterocycles. The van der Waals surface area contributed by atoms with Gasteiger partial charge in [0.25, 0.3) is 11.9 Å². The maximum absolute atomic E-state index is 10.6. The number of benzene rings is 5. The third-order valence-corrected chi connectivity index (χ3v) is 13.1. The molecule has 0 spiro atoms. The Balaban J connectivity index is 0.000000600. The van der Waals surface area contributed by atoms with Gasteiger partial charge in [0.15, 0.2) is 11.6 Å². The van der Waals surface area contributed by atoms with Crippen LogP contribution in [0.2, 0.25) is 0 Å². The normalized spacial score (nSPS) is 15.2. The molecule has 1 aliphatic rings. The maximum atomic E-state index is 10.6. The van der Waals surface area contributed by atoms with Crippen molar-refractivity contribution in [1.82, 2.24) is 0 Å². The van der Waals surface area contributed by atoms with Crippen LogP contribution < -0.4 is 21.2 Å². The summed E-state index contributed by atoms with van der Waals surface area (Å²) in [6.45, 7) is 7.60. The minimum Gasteiger partial charge on any atom is -0.508 e. The number of carboxylic acid groups (broad SMARTS) is 2. The van der Waals surface area contributed by atoms with E-state index in [9.17, 15) is 15.0 Å². The molecule has 9 nitrogen and oxygen atoms in total. The Morgan fingerprint density at radius 2 is 0.783 bits per heavy atom. The third kappa shape index (κ3) is 20.4. The van der Waals surface area contributed by atoms with Gasteiger partial charge in [-0.25, -0.2) is 0 Å². The van der Waals surface area contributed by atoms with E-state index in [-0.39, 0.29) is 70.4 Å². The van der Waals surface area contributed by atoms with Crippen molar-refractivity contribution >= 4 is 60.5 Å². The second-order valence-corrected chi connectivity index (χ2v) is 17.9. The smallest absolute Gasteiger partial charge is 0.300 e. The van der Waals surface area contributed by atoms with E-state index < -0.39 is 33.6 Å². The number of ether oxygens (including phenoxy) is 2. The number of carboxylic acids is 2. The van der Waals surface area contributed by atoms with Crippen molar-refractivity contribution in [3.63, 3.8) is 0 Å². The van der Waals surface area contributed by atoms with Crippen molar-refractivity contribution in [3.05, 3.63) is 175 Å². The van der Waals surface area contributed by atoms with E-state index in [0.717, 1.165) is 38.3 Å². The Labute approximate surface area is 383 Å². The first kappa shape index (κ1) is 53.9. The van der Waals surface area contributed by atoms with Crippen LogP contribution in [-0.4, -0.2) is 68.5 Å². The van der Waals surface area contributed by atoms with Crippen molar-refractivity contribution in [1.29, 1.82) is 0 Å². The first-order valence-corrected chi connectivity index (χ1v) is 21.6. The molecule has 1 aliphatic heterocycles. The molecule has 0 unspecified atom stereocenters. The number of aliphatic carboxylic acids is 2. The molecular weight excluding hydrogens is 983 g/mol. The monoisotopic (exact) mass is 1030 g/mol.